The molecule has 1 atom stereocenters. The van der Waals surface area contributed by atoms with E-state index in [2.05, 4.69) is 4.90 Å². The smallest absolute Gasteiger partial charge is 0.127 e. The molecule has 0 amide bonds. The minimum atomic E-state index is -0.127. The fourth-order valence-electron chi connectivity index (χ4n) is 2.27. The first-order valence-electron chi connectivity index (χ1n) is 5.77. The molecule has 1 unspecified atom stereocenters. The number of aliphatic hydroxyl groups is 1. The second-order valence-corrected chi connectivity index (χ2v) is 4.67. The number of hydrogen-bond donors (Lipinski definition) is 1. The van der Waals surface area contributed by atoms with Gasteiger partial charge in [0.25, 0.3) is 0 Å². The van der Waals surface area contributed by atoms with Gasteiger partial charge in [0.1, 0.15) is 5.82 Å². The lowest BCUT2D eigenvalue weighted by Crippen LogP contribution is -2.21. The van der Waals surface area contributed by atoms with Gasteiger partial charge in [0.2, 0.25) is 0 Å². The molecule has 0 spiro atoms. The number of aliphatic hydroxyl groups excluding tert-OH is 1. The average molecular weight is 223 g/mol. The average Bonchev–Trinajstić information content (AvgIpc) is 2.71. The standard InChI is InChI=1S/C13H18FNO/c1-10-2-3-13(14)12(6-10)8-15-5-4-11(7-15)9-16/h2-3,6,11,16H,4-5,7-9H2,1H3. The van der Waals surface area contributed by atoms with Gasteiger partial charge in [-0.05, 0) is 31.9 Å². The van der Waals surface area contributed by atoms with Gasteiger partial charge in [-0.3, -0.25) is 4.90 Å². The minimum Gasteiger partial charge on any atom is -0.396 e. The molecule has 2 nitrogen and oxygen atoms in total. The molecule has 0 radical (unpaired) electrons. The van der Waals surface area contributed by atoms with Crippen molar-refractivity contribution in [2.45, 2.75) is 19.9 Å². The number of likely N-dealkylation sites (tertiary alicyclic amines) is 1. The van der Waals surface area contributed by atoms with Crippen molar-refractivity contribution in [3.05, 3.63) is 35.1 Å². The van der Waals surface area contributed by atoms with Crippen LogP contribution < -0.4 is 0 Å². The third kappa shape index (κ3) is 2.60. The van der Waals surface area contributed by atoms with E-state index in [0.717, 1.165) is 30.6 Å². The van der Waals surface area contributed by atoms with Crippen LogP contribution in [0.4, 0.5) is 4.39 Å². The Bertz CT molecular complexity index is 367. The second-order valence-electron chi connectivity index (χ2n) is 4.67. The van der Waals surface area contributed by atoms with Crippen molar-refractivity contribution in [2.24, 2.45) is 5.92 Å². The maximum atomic E-state index is 13.5. The molecule has 1 aromatic carbocycles. The Morgan fingerprint density at radius 2 is 2.31 bits per heavy atom. The Kier molecular flexibility index (Phi) is 3.56. The summed E-state index contributed by atoms with van der Waals surface area (Å²) in [5.74, 6) is 0.242. The van der Waals surface area contributed by atoms with Crippen molar-refractivity contribution < 1.29 is 9.50 Å². The lowest BCUT2D eigenvalue weighted by molar-refractivity contribution is 0.219. The molecule has 1 aliphatic rings. The Balaban J connectivity index is 2.01. The lowest BCUT2D eigenvalue weighted by atomic mass is 10.1. The van der Waals surface area contributed by atoms with Gasteiger partial charge in [0.05, 0.1) is 0 Å². The zero-order valence-corrected chi connectivity index (χ0v) is 9.62. The van der Waals surface area contributed by atoms with Crippen LogP contribution >= 0.6 is 0 Å². The Hall–Kier alpha value is -0.930. The highest BCUT2D eigenvalue weighted by molar-refractivity contribution is 5.24. The van der Waals surface area contributed by atoms with E-state index in [-0.39, 0.29) is 12.4 Å². The summed E-state index contributed by atoms with van der Waals surface area (Å²) in [6.45, 7) is 4.71. The van der Waals surface area contributed by atoms with Crippen molar-refractivity contribution in [1.29, 1.82) is 0 Å². The molecular formula is C13H18FNO. The predicted octanol–water partition coefficient (Wildman–Crippen LogP) is 1.95. The van der Waals surface area contributed by atoms with Crippen LogP contribution in [0, 0.1) is 18.7 Å². The molecule has 0 saturated carbocycles. The topological polar surface area (TPSA) is 23.5 Å². The molecule has 0 aliphatic carbocycles. The van der Waals surface area contributed by atoms with Crippen molar-refractivity contribution in [2.75, 3.05) is 19.7 Å². The molecule has 1 saturated heterocycles. The number of benzene rings is 1. The third-order valence-electron chi connectivity index (χ3n) is 3.22. The van der Waals surface area contributed by atoms with E-state index >= 15 is 0 Å². The van der Waals surface area contributed by atoms with Crippen molar-refractivity contribution >= 4 is 0 Å². The zero-order chi connectivity index (χ0) is 11.5. The van der Waals surface area contributed by atoms with Crippen LogP contribution in [-0.2, 0) is 6.54 Å². The van der Waals surface area contributed by atoms with Gasteiger partial charge in [-0.1, -0.05) is 17.7 Å². The van der Waals surface area contributed by atoms with Gasteiger partial charge in [-0.15, -0.1) is 0 Å². The first kappa shape index (κ1) is 11.6. The van der Waals surface area contributed by atoms with Gasteiger partial charge >= 0.3 is 0 Å². The highest BCUT2D eigenvalue weighted by Crippen LogP contribution is 2.19. The molecule has 0 bridgehead atoms. The van der Waals surface area contributed by atoms with E-state index in [1.54, 1.807) is 6.07 Å². The monoisotopic (exact) mass is 223 g/mol. The number of halogens is 1. The summed E-state index contributed by atoms with van der Waals surface area (Å²) >= 11 is 0. The summed E-state index contributed by atoms with van der Waals surface area (Å²) in [6.07, 6.45) is 1.02. The largest absolute Gasteiger partial charge is 0.396 e. The summed E-state index contributed by atoms with van der Waals surface area (Å²) in [5, 5.41) is 9.05. The van der Waals surface area contributed by atoms with Gasteiger partial charge in [-0.2, -0.15) is 0 Å². The molecule has 1 aliphatic heterocycles. The summed E-state index contributed by atoms with van der Waals surface area (Å²) in [6, 6.07) is 5.23. The molecule has 2 rings (SSSR count). The van der Waals surface area contributed by atoms with Gasteiger partial charge in [0.15, 0.2) is 0 Å². The summed E-state index contributed by atoms with van der Waals surface area (Å²) in [5.41, 5.74) is 1.85. The van der Waals surface area contributed by atoms with E-state index in [9.17, 15) is 4.39 Å². The quantitative estimate of drug-likeness (QED) is 0.846. The summed E-state index contributed by atoms with van der Waals surface area (Å²) < 4.78 is 13.5. The van der Waals surface area contributed by atoms with Gasteiger partial charge in [0, 0.05) is 25.3 Å². The molecule has 3 heteroatoms. The molecule has 1 N–H and O–H groups in total. The van der Waals surface area contributed by atoms with Gasteiger partial charge in [-0.25, -0.2) is 4.39 Å². The molecule has 1 heterocycles. The first-order chi connectivity index (χ1) is 7.69. The van der Waals surface area contributed by atoms with Crippen LogP contribution in [0.2, 0.25) is 0 Å². The normalized spacial score (nSPS) is 21.6. The Morgan fingerprint density at radius 1 is 1.50 bits per heavy atom. The van der Waals surface area contributed by atoms with Crippen molar-refractivity contribution in [1.82, 2.24) is 4.90 Å². The summed E-state index contributed by atoms with van der Waals surface area (Å²) in [7, 11) is 0. The van der Waals surface area contributed by atoms with Crippen molar-refractivity contribution in [3.8, 4) is 0 Å². The predicted molar refractivity (Wildman–Crippen MR) is 61.6 cm³/mol. The third-order valence-corrected chi connectivity index (χ3v) is 3.22. The zero-order valence-electron chi connectivity index (χ0n) is 9.62. The highest BCUT2D eigenvalue weighted by Gasteiger charge is 2.22. The van der Waals surface area contributed by atoms with E-state index in [0.29, 0.717) is 12.5 Å². The maximum Gasteiger partial charge on any atom is 0.127 e. The number of nitrogens with zero attached hydrogens (tertiary/aromatic N) is 1. The van der Waals surface area contributed by atoms with Crippen LogP contribution in [0.25, 0.3) is 0 Å². The van der Waals surface area contributed by atoms with Crippen LogP contribution in [-0.4, -0.2) is 29.7 Å². The fraction of sp³-hybridized carbons (Fsp3) is 0.538. The van der Waals surface area contributed by atoms with E-state index in [1.807, 2.05) is 13.0 Å². The molecular weight excluding hydrogens is 205 g/mol. The fourth-order valence-corrected chi connectivity index (χ4v) is 2.27. The number of aryl methyl sites for hydroxylation is 1. The molecule has 0 aromatic heterocycles. The lowest BCUT2D eigenvalue weighted by Gasteiger charge is -2.16. The Morgan fingerprint density at radius 3 is 3.00 bits per heavy atom. The van der Waals surface area contributed by atoms with Crippen LogP contribution in [0.15, 0.2) is 18.2 Å². The maximum absolute atomic E-state index is 13.5. The van der Waals surface area contributed by atoms with Gasteiger partial charge < -0.3 is 5.11 Å². The van der Waals surface area contributed by atoms with Crippen molar-refractivity contribution in [3.63, 3.8) is 0 Å². The number of rotatable bonds is 3. The van der Waals surface area contributed by atoms with Crippen LogP contribution in [0.3, 0.4) is 0 Å². The highest BCUT2D eigenvalue weighted by atomic mass is 19.1. The minimum absolute atomic E-state index is 0.127. The van der Waals surface area contributed by atoms with Crippen LogP contribution in [0.1, 0.15) is 17.5 Å². The van der Waals surface area contributed by atoms with E-state index < -0.39 is 0 Å². The molecule has 88 valence electrons. The van der Waals surface area contributed by atoms with Crippen LogP contribution in [0.5, 0.6) is 0 Å². The summed E-state index contributed by atoms with van der Waals surface area (Å²) in [4.78, 5) is 2.21. The second kappa shape index (κ2) is 4.93. The number of hydrogen-bond acceptors (Lipinski definition) is 2. The first-order valence-corrected chi connectivity index (χ1v) is 5.77. The van der Waals surface area contributed by atoms with E-state index in [1.165, 1.54) is 6.07 Å². The molecule has 1 fully saturated rings. The Labute approximate surface area is 95.7 Å². The SMILES string of the molecule is Cc1ccc(F)c(CN2CCC(CO)C2)c1. The molecule has 16 heavy (non-hydrogen) atoms. The molecule has 1 aromatic rings. The van der Waals surface area contributed by atoms with E-state index in [4.69, 9.17) is 5.11 Å².